The smallest absolute Gasteiger partial charge is 0.258 e. The summed E-state index contributed by atoms with van der Waals surface area (Å²) in [7, 11) is 0. The topological polar surface area (TPSA) is 58.2 Å². The van der Waals surface area contributed by atoms with E-state index in [1.807, 2.05) is 27.7 Å². The molecule has 0 heterocycles. The fraction of sp³-hybridized carbons (Fsp3) is 0.857. The van der Waals surface area contributed by atoms with Gasteiger partial charge in [-0.1, -0.05) is 0 Å². The van der Waals surface area contributed by atoms with Crippen LogP contribution in [0.1, 0.15) is 47.0 Å². The number of carbonyl (C=O) groups excluding carboxylic acids is 2. The summed E-state index contributed by atoms with van der Waals surface area (Å²) in [4.78, 5) is 23.6. The lowest BCUT2D eigenvalue weighted by Crippen LogP contribution is -2.50. The highest BCUT2D eigenvalue weighted by atomic mass is 19.1. The number of hydrogen-bond donors (Lipinski definition) is 2. The fourth-order valence-electron chi connectivity index (χ4n) is 2.51. The average molecular weight is 270 g/mol. The van der Waals surface area contributed by atoms with Crippen molar-refractivity contribution in [3.05, 3.63) is 0 Å². The molecule has 2 rings (SSSR count). The van der Waals surface area contributed by atoms with Crippen molar-refractivity contribution in [1.29, 1.82) is 0 Å². The minimum Gasteiger partial charge on any atom is -0.354 e. The van der Waals surface area contributed by atoms with Crippen molar-refractivity contribution in [2.45, 2.75) is 64.2 Å². The SMILES string of the molecule is CC(C)NC(=O)C1CC1C(C)(C)NC(=O)C1(F)CC1. The largest absolute Gasteiger partial charge is 0.354 e. The minimum absolute atomic E-state index is 0.0312. The van der Waals surface area contributed by atoms with Crippen LogP contribution in [0.3, 0.4) is 0 Å². The van der Waals surface area contributed by atoms with E-state index in [1.165, 1.54) is 0 Å². The molecule has 2 amide bonds. The molecule has 2 aliphatic carbocycles. The molecule has 0 spiro atoms. The number of hydrogen-bond acceptors (Lipinski definition) is 2. The Morgan fingerprint density at radius 3 is 2.37 bits per heavy atom. The summed E-state index contributed by atoms with van der Waals surface area (Å²) < 4.78 is 13.6. The molecule has 0 aromatic heterocycles. The molecular weight excluding hydrogens is 247 g/mol. The van der Waals surface area contributed by atoms with Gasteiger partial charge >= 0.3 is 0 Å². The van der Waals surface area contributed by atoms with E-state index in [2.05, 4.69) is 10.6 Å². The van der Waals surface area contributed by atoms with Crippen LogP contribution < -0.4 is 10.6 Å². The molecule has 0 radical (unpaired) electrons. The Labute approximate surface area is 113 Å². The number of nitrogens with one attached hydrogen (secondary N) is 2. The van der Waals surface area contributed by atoms with Gasteiger partial charge in [0.1, 0.15) is 0 Å². The molecule has 19 heavy (non-hydrogen) atoms. The molecular formula is C14H23FN2O2. The van der Waals surface area contributed by atoms with Gasteiger partial charge in [-0.05, 0) is 52.9 Å². The second kappa shape index (κ2) is 4.46. The Morgan fingerprint density at radius 1 is 1.32 bits per heavy atom. The highest BCUT2D eigenvalue weighted by Gasteiger charge is 2.56. The Balaban J connectivity index is 1.88. The summed E-state index contributed by atoms with van der Waals surface area (Å²) in [5.41, 5.74) is -2.18. The average Bonchev–Trinajstić information content (AvgIpc) is 3.07. The van der Waals surface area contributed by atoms with Crippen LogP contribution in [0.2, 0.25) is 0 Å². The molecule has 2 unspecified atom stereocenters. The lowest BCUT2D eigenvalue weighted by Gasteiger charge is -2.27. The quantitative estimate of drug-likeness (QED) is 0.796. The third kappa shape index (κ3) is 3.07. The number of amides is 2. The van der Waals surface area contributed by atoms with Crippen LogP contribution in [0.25, 0.3) is 0 Å². The van der Waals surface area contributed by atoms with E-state index in [1.54, 1.807) is 0 Å². The second-order valence-electron chi connectivity index (χ2n) is 6.75. The lowest BCUT2D eigenvalue weighted by atomic mass is 9.96. The lowest BCUT2D eigenvalue weighted by molar-refractivity contribution is -0.130. The highest BCUT2D eigenvalue weighted by Crippen LogP contribution is 2.47. The van der Waals surface area contributed by atoms with Gasteiger partial charge in [-0.25, -0.2) is 4.39 Å². The van der Waals surface area contributed by atoms with E-state index in [4.69, 9.17) is 0 Å². The molecule has 2 fully saturated rings. The maximum atomic E-state index is 13.6. The molecule has 0 aromatic carbocycles. The van der Waals surface area contributed by atoms with Crippen LogP contribution in [0.4, 0.5) is 4.39 Å². The van der Waals surface area contributed by atoms with Crippen molar-refractivity contribution >= 4 is 11.8 Å². The summed E-state index contributed by atoms with van der Waals surface area (Å²) in [6.07, 6.45) is 1.39. The molecule has 4 nitrogen and oxygen atoms in total. The van der Waals surface area contributed by atoms with Gasteiger partial charge in [0, 0.05) is 17.5 Å². The number of halogens is 1. The van der Waals surface area contributed by atoms with Gasteiger partial charge in [0.2, 0.25) is 5.91 Å². The van der Waals surface area contributed by atoms with Crippen molar-refractivity contribution in [1.82, 2.24) is 10.6 Å². The normalized spacial score (nSPS) is 27.9. The summed E-state index contributed by atoms with van der Waals surface area (Å²) in [6, 6.07) is 0.118. The van der Waals surface area contributed by atoms with Gasteiger partial charge < -0.3 is 10.6 Å². The minimum atomic E-state index is -1.65. The first-order chi connectivity index (χ1) is 8.66. The van der Waals surface area contributed by atoms with E-state index in [0.717, 1.165) is 6.42 Å². The number of carbonyl (C=O) groups is 2. The third-order valence-corrected chi connectivity index (χ3v) is 4.02. The maximum absolute atomic E-state index is 13.6. The fourth-order valence-corrected chi connectivity index (χ4v) is 2.51. The van der Waals surface area contributed by atoms with E-state index in [0.29, 0.717) is 12.8 Å². The molecule has 2 aliphatic rings. The van der Waals surface area contributed by atoms with Crippen LogP contribution >= 0.6 is 0 Å². The highest BCUT2D eigenvalue weighted by molar-refractivity contribution is 5.89. The molecule has 2 atom stereocenters. The molecule has 108 valence electrons. The van der Waals surface area contributed by atoms with Gasteiger partial charge in [0.05, 0.1) is 0 Å². The van der Waals surface area contributed by atoms with Crippen LogP contribution in [0.15, 0.2) is 0 Å². The summed E-state index contributed by atoms with van der Waals surface area (Å²) in [6.45, 7) is 7.57. The first kappa shape index (κ1) is 14.3. The zero-order valence-corrected chi connectivity index (χ0v) is 12.0. The first-order valence-electron chi connectivity index (χ1n) is 6.97. The van der Waals surface area contributed by atoms with Crippen molar-refractivity contribution in [2.24, 2.45) is 11.8 Å². The predicted molar refractivity (Wildman–Crippen MR) is 70.2 cm³/mol. The molecule has 2 saturated carbocycles. The molecule has 0 aromatic rings. The number of rotatable bonds is 5. The summed E-state index contributed by atoms with van der Waals surface area (Å²) in [5, 5.41) is 5.64. The summed E-state index contributed by atoms with van der Waals surface area (Å²) >= 11 is 0. The zero-order chi connectivity index (χ0) is 14.4. The van der Waals surface area contributed by atoms with Gasteiger partial charge in [-0.2, -0.15) is 0 Å². The van der Waals surface area contributed by atoms with Crippen LogP contribution in [0.5, 0.6) is 0 Å². The van der Waals surface area contributed by atoms with Crippen molar-refractivity contribution in [3.63, 3.8) is 0 Å². The first-order valence-corrected chi connectivity index (χ1v) is 6.97. The van der Waals surface area contributed by atoms with Gasteiger partial charge in [0.15, 0.2) is 5.67 Å². The summed E-state index contributed by atoms with van der Waals surface area (Å²) in [5.74, 6) is -0.457. The third-order valence-electron chi connectivity index (χ3n) is 4.02. The van der Waals surface area contributed by atoms with E-state index in [9.17, 15) is 14.0 Å². The van der Waals surface area contributed by atoms with E-state index in [-0.39, 0.29) is 23.8 Å². The van der Waals surface area contributed by atoms with Crippen LogP contribution in [-0.4, -0.2) is 29.1 Å². The molecule has 5 heteroatoms. The Kier molecular flexibility index (Phi) is 3.35. The van der Waals surface area contributed by atoms with Crippen molar-refractivity contribution in [3.8, 4) is 0 Å². The number of alkyl halides is 1. The monoisotopic (exact) mass is 270 g/mol. The van der Waals surface area contributed by atoms with E-state index < -0.39 is 17.1 Å². The Bertz CT molecular complexity index is 402. The van der Waals surface area contributed by atoms with Crippen molar-refractivity contribution < 1.29 is 14.0 Å². The van der Waals surface area contributed by atoms with Gasteiger partial charge in [-0.3, -0.25) is 9.59 Å². The second-order valence-corrected chi connectivity index (χ2v) is 6.75. The van der Waals surface area contributed by atoms with Crippen LogP contribution in [0, 0.1) is 11.8 Å². The molecule has 0 bridgehead atoms. The zero-order valence-electron chi connectivity index (χ0n) is 12.0. The van der Waals surface area contributed by atoms with Gasteiger partial charge in [0.25, 0.3) is 5.91 Å². The molecule has 0 aliphatic heterocycles. The maximum Gasteiger partial charge on any atom is 0.258 e. The molecule has 0 saturated heterocycles. The Hall–Kier alpha value is -1.13. The van der Waals surface area contributed by atoms with Crippen molar-refractivity contribution in [2.75, 3.05) is 0 Å². The standard InChI is InChI=1S/C14H23FN2O2/c1-8(2)16-11(18)9-7-10(9)13(3,4)17-12(19)14(15)5-6-14/h8-10H,5-7H2,1-4H3,(H,16,18)(H,17,19). The Morgan fingerprint density at radius 2 is 1.89 bits per heavy atom. The molecule has 2 N–H and O–H groups in total. The predicted octanol–water partition coefficient (Wildman–Crippen LogP) is 1.54. The van der Waals surface area contributed by atoms with E-state index >= 15 is 0 Å². The van der Waals surface area contributed by atoms with Crippen LogP contribution in [-0.2, 0) is 9.59 Å². The van der Waals surface area contributed by atoms with Gasteiger partial charge in [-0.15, -0.1) is 0 Å².